The van der Waals surface area contributed by atoms with Crippen molar-refractivity contribution in [1.82, 2.24) is 5.43 Å². The van der Waals surface area contributed by atoms with Crippen molar-refractivity contribution in [2.45, 2.75) is 6.92 Å². The van der Waals surface area contributed by atoms with E-state index in [0.717, 1.165) is 22.0 Å². The smallest absolute Gasteiger partial charge is 0.332 e. The number of rotatable bonds is 2. The molecule has 3 N–H and O–H groups in total. The highest BCUT2D eigenvalue weighted by Gasteiger charge is 2.06. The van der Waals surface area contributed by atoms with Crippen molar-refractivity contribution in [3.05, 3.63) is 60.2 Å². The van der Waals surface area contributed by atoms with Crippen LogP contribution in [0.1, 0.15) is 12.5 Å². The second-order valence-corrected chi connectivity index (χ2v) is 4.90. The molecule has 0 fully saturated rings. The fourth-order valence-corrected chi connectivity index (χ4v) is 2.48. The van der Waals surface area contributed by atoms with Gasteiger partial charge in [-0.1, -0.05) is 42.5 Å². The Hall–Kier alpha value is -2.88. The lowest BCUT2D eigenvalue weighted by Crippen LogP contribution is -2.25. The first-order valence-corrected chi connectivity index (χ1v) is 6.67. The highest BCUT2D eigenvalue weighted by molar-refractivity contribution is 6.12. The topological polar surface area (TPSA) is 67.5 Å². The minimum atomic E-state index is -0.667. The van der Waals surface area contributed by atoms with Gasteiger partial charge in [0.15, 0.2) is 0 Å². The van der Waals surface area contributed by atoms with Crippen LogP contribution in [0.25, 0.3) is 21.5 Å². The standard InChI is InChI=1S/C17H15N3O/c1-11(19-20-17(18)21)15-8-4-7-14-9-12-5-2-3-6-13(12)10-16(14)15/h2-10H,1H3,(H3,18,20,21)/b19-11+. The number of nitrogens with two attached hydrogens (primary N) is 1. The number of carbonyl (C=O) groups excluding carboxylic acids is 1. The van der Waals surface area contributed by atoms with Gasteiger partial charge in [0, 0.05) is 5.56 Å². The van der Waals surface area contributed by atoms with E-state index in [1.54, 1.807) is 0 Å². The van der Waals surface area contributed by atoms with Crippen molar-refractivity contribution >= 4 is 33.3 Å². The third-order valence-corrected chi connectivity index (χ3v) is 3.47. The van der Waals surface area contributed by atoms with Crippen molar-refractivity contribution in [2.24, 2.45) is 10.8 Å². The Balaban J connectivity index is 2.21. The molecule has 0 spiro atoms. The molecule has 0 radical (unpaired) electrons. The maximum atomic E-state index is 10.8. The van der Waals surface area contributed by atoms with E-state index in [9.17, 15) is 4.79 Å². The summed E-state index contributed by atoms with van der Waals surface area (Å²) in [5.41, 5.74) is 9.02. The van der Waals surface area contributed by atoms with Crippen molar-refractivity contribution in [3.63, 3.8) is 0 Å². The predicted molar refractivity (Wildman–Crippen MR) is 86.4 cm³/mol. The fraction of sp³-hybridized carbons (Fsp3) is 0.0588. The Labute approximate surface area is 122 Å². The molecule has 0 atom stereocenters. The summed E-state index contributed by atoms with van der Waals surface area (Å²) in [5.74, 6) is 0. The van der Waals surface area contributed by atoms with Gasteiger partial charge in [0.2, 0.25) is 0 Å². The molecule has 0 unspecified atom stereocenters. The van der Waals surface area contributed by atoms with Crippen LogP contribution >= 0.6 is 0 Å². The third kappa shape index (κ3) is 2.56. The minimum Gasteiger partial charge on any atom is -0.350 e. The Bertz CT molecular complexity index is 868. The van der Waals surface area contributed by atoms with E-state index in [1.807, 2.05) is 31.2 Å². The second kappa shape index (κ2) is 5.25. The Kier molecular flexibility index (Phi) is 3.28. The number of hydrogen-bond acceptors (Lipinski definition) is 2. The minimum absolute atomic E-state index is 0.667. The molecule has 21 heavy (non-hydrogen) atoms. The van der Waals surface area contributed by atoms with Crippen molar-refractivity contribution in [1.29, 1.82) is 0 Å². The molecule has 4 nitrogen and oxygen atoms in total. The highest BCUT2D eigenvalue weighted by Crippen LogP contribution is 2.25. The molecular formula is C17H15N3O. The lowest BCUT2D eigenvalue weighted by molar-refractivity contribution is 0.249. The average Bonchev–Trinajstić information content (AvgIpc) is 2.50. The number of benzene rings is 3. The second-order valence-electron chi connectivity index (χ2n) is 4.90. The summed E-state index contributed by atoms with van der Waals surface area (Å²) >= 11 is 0. The lowest BCUT2D eigenvalue weighted by Gasteiger charge is -2.08. The monoisotopic (exact) mass is 277 g/mol. The van der Waals surface area contributed by atoms with Gasteiger partial charge in [-0.15, -0.1) is 0 Å². The van der Waals surface area contributed by atoms with Gasteiger partial charge in [0.05, 0.1) is 5.71 Å². The van der Waals surface area contributed by atoms with Crippen LogP contribution in [0.15, 0.2) is 59.7 Å². The molecule has 0 bridgehead atoms. The number of nitrogens with zero attached hydrogens (tertiary/aromatic N) is 1. The van der Waals surface area contributed by atoms with Crippen LogP contribution in [0.4, 0.5) is 4.79 Å². The number of hydrazone groups is 1. The molecule has 0 aliphatic rings. The van der Waals surface area contributed by atoms with E-state index in [0.29, 0.717) is 0 Å². The molecule has 0 aliphatic heterocycles. The molecule has 3 rings (SSSR count). The van der Waals surface area contributed by atoms with E-state index >= 15 is 0 Å². The van der Waals surface area contributed by atoms with E-state index in [4.69, 9.17) is 5.73 Å². The van der Waals surface area contributed by atoms with E-state index < -0.39 is 6.03 Å². The molecule has 3 aromatic carbocycles. The highest BCUT2D eigenvalue weighted by atomic mass is 16.2. The molecule has 2 amide bonds. The summed E-state index contributed by atoms with van der Waals surface area (Å²) in [6.45, 7) is 1.85. The summed E-state index contributed by atoms with van der Waals surface area (Å²) in [7, 11) is 0. The summed E-state index contributed by atoms with van der Waals surface area (Å²) in [5, 5.41) is 8.63. The Morgan fingerprint density at radius 2 is 1.67 bits per heavy atom. The number of urea groups is 1. The first kappa shape index (κ1) is 13.1. The molecule has 4 heteroatoms. The van der Waals surface area contributed by atoms with E-state index in [-0.39, 0.29) is 0 Å². The number of primary amides is 1. The number of fused-ring (bicyclic) bond motifs is 2. The quantitative estimate of drug-likeness (QED) is 0.421. The summed E-state index contributed by atoms with van der Waals surface area (Å²) in [6.07, 6.45) is 0. The van der Waals surface area contributed by atoms with Gasteiger partial charge in [0.1, 0.15) is 0 Å². The van der Waals surface area contributed by atoms with Gasteiger partial charge in [0.25, 0.3) is 0 Å². The van der Waals surface area contributed by atoms with Crippen LogP contribution in [0.5, 0.6) is 0 Å². The number of amides is 2. The summed E-state index contributed by atoms with van der Waals surface area (Å²) in [6, 6.07) is 17.9. The molecule has 104 valence electrons. The first-order valence-electron chi connectivity index (χ1n) is 6.67. The van der Waals surface area contributed by atoms with Crippen LogP contribution in [-0.2, 0) is 0 Å². The summed E-state index contributed by atoms with van der Waals surface area (Å²) < 4.78 is 0. The molecule has 0 saturated carbocycles. The van der Waals surface area contributed by atoms with Gasteiger partial charge < -0.3 is 5.73 Å². The maximum absolute atomic E-state index is 10.8. The molecule has 0 saturated heterocycles. The number of nitrogens with one attached hydrogen (secondary N) is 1. The molecule has 0 heterocycles. The van der Waals surface area contributed by atoms with Crippen LogP contribution in [0.3, 0.4) is 0 Å². The maximum Gasteiger partial charge on any atom is 0.332 e. The van der Waals surface area contributed by atoms with Gasteiger partial charge in [-0.05, 0) is 40.6 Å². The van der Waals surface area contributed by atoms with Crippen LogP contribution in [0, 0.1) is 0 Å². The fourth-order valence-electron chi connectivity index (χ4n) is 2.48. The SMILES string of the molecule is C/C(=N\NC(N)=O)c1cccc2cc3ccccc3cc12. The molecular weight excluding hydrogens is 262 g/mol. The Morgan fingerprint density at radius 1 is 1.00 bits per heavy atom. The van der Waals surface area contributed by atoms with Gasteiger partial charge >= 0.3 is 6.03 Å². The molecule has 0 aliphatic carbocycles. The predicted octanol–water partition coefficient (Wildman–Crippen LogP) is 3.39. The average molecular weight is 277 g/mol. The van der Waals surface area contributed by atoms with Gasteiger partial charge in [-0.2, -0.15) is 5.10 Å². The van der Waals surface area contributed by atoms with Crippen LogP contribution in [0.2, 0.25) is 0 Å². The van der Waals surface area contributed by atoms with Crippen LogP contribution < -0.4 is 11.2 Å². The van der Waals surface area contributed by atoms with E-state index in [1.165, 1.54) is 10.8 Å². The van der Waals surface area contributed by atoms with Gasteiger partial charge in [-0.25, -0.2) is 10.2 Å². The molecule has 0 aromatic heterocycles. The Morgan fingerprint density at radius 3 is 2.38 bits per heavy atom. The van der Waals surface area contributed by atoms with Crippen molar-refractivity contribution < 1.29 is 4.79 Å². The summed E-state index contributed by atoms with van der Waals surface area (Å²) in [4.78, 5) is 10.8. The number of hydrogen-bond donors (Lipinski definition) is 2. The van der Waals surface area contributed by atoms with Crippen LogP contribution in [-0.4, -0.2) is 11.7 Å². The number of carbonyl (C=O) groups is 1. The van der Waals surface area contributed by atoms with E-state index in [2.05, 4.69) is 40.9 Å². The largest absolute Gasteiger partial charge is 0.350 e. The zero-order valence-electron chi connectivity index (χ0n) is 11.6. The normalized spacial score (nSPS) is 11.8. The zero-order chi connectivity index (χ0) is 14.8. The van der Waals surface area contributed by atoms with Crippen molar-refractivity contribution in [3.8, 4) is 0 Å². The third-order valence-electron chi connectivity index (χ3n) is 3.47. The molecule has 3 aromatic rings. The van der Waals surface area contributed by atoms with Gasteiger partial charge in [-0.3, -0.25) is 0 Å². The zero-order valence-corrected chi connectivity index (χ0v) is 11.6. The first-order chi connectivity index (χ1) is 10.1. The van der Waals surface area contributed by atoms with Crippen molar-refractivity contribution in [2.75, 3.05) is 0 Å². The lowest BCUT2D eigenvalue weighted by atomic mass is 9.98.